The van der Waals surface area contributed by atoms with Gasteiger partial charge in [0.05, 0.1) is 9.77 Å². The molecule has 0 saturated carbocycles. The van der Waals surface area contributed by atoms with Crippen LogP contribution in [0.15, 0.2) is 39.8 Å². The maximum absolute atomic E-state index is 13.1. The molecule has 2 aromatic heterocycles. The Kier molecular flexibility index (Phi) is 4.94. The van der Waals surface area contributed by atoms with E-state index >= 15 is 0 Å². The van der Waals surface area contributed by atoms with E-state index in [1.807, 2.05) is 0 Å². The average Bonchev–Trinajstić information content (AvgIpc) is 3.28. The van der Waals surface area contributed by atoms with Crippen LogP contribution in [0.1, 0.15) is 10.8 Å². The minimum absolute atomic E-state index is 0.283. The van der Waals surface area contributed by atoms with Crippen LogP contribution in [0, 0.1) is 19.7 Å². The Morgan fingerprint density at radius 2 is 1.79 bits per heavy atom. The van der Waals surface area contributed by atoms with Crippen molar-refractivity contribution < 1.29 is 17.3 Å². The van der Waals surface area contributed by atoms with Crippen molar-refractivity contribution in [3.63, 3.8) is 0 Å². The summed E-state index contributed by atoms with van der Waals surface area (Å²) in [5.74, 6) is 0.543. The van der Waals surface area contributed by atoms with Crippen molar-refractivity contribution >= 4 is 27.0 Å². The summed E-state index contributed by atoms with van der Waals surface area (Å²) >= 11 is 1.33. The molecule has 1 aromatic carbocycles. The summed E-state index contributed by atoms with van der Waals surface area (Å²) in [6.45, 7) is 5.30. The van der Waals surface area contributed by atoms with Gasteiger partial charge in [-0.2, -0.15) is 9.29 Å². The van der Waals surface area contributed by atoms with E-state index in [-0.39, 0.29) is 10.7 Å². The predicted octanol–water partition coefficient (Wildman–Crippen LogP) is 3.06. The number of aromatic nitrogens is 2. The van der Waals surface area contributed by atoms with Gasteiger partial charge < -0.3 is 9.42 Å². The van der Waals surface area contributed by atoms with Crippen molar-refractivity contribution in [3.8, 4) is 10.7 Å². The number of benzene rings is 1. The molecule has 0 bridgehead atoms. The molecule has 0 N–H and O–H groups in total. The zero-order chi connectivity index (χ0) is 19.9. The van der Waals surface area contributed by atoms with Gasteiger partial charge in [-0.15, -0.1) is 11.3 Å². The molecule has 0 atom stereocenters. The molecule has 1 saturated heterocycles. The lowest BCUT2D eigenvalue weighted by Crippen LogP contribution is -2.48. The van der Waals surface area contributed by atoms with E-state index in [4.69, 9.17) is 4.52 Å². The smallest absolute Gasteiger partial charge is 0.244 e. The molecule has 3 heterocycles. The maximum Gasteiger partial charge on any atom is 0.244 e. The molecular weight excluding hydrogens is 403 g/mol. The van der Waals surface area contributed by atoms with Gasteiger partial charge in [0.2, 0.25) is 21.7 Å². The second-order valence-electron chi connectivity index (χ2n) is 6.54. The van der Waals surface area contributed by atoms with Crippen molar-refractivity contribution in [2.24, 2.45) is 0 Å². The molecule has 0 radical (unpaired) electrons. The van der Waals surface area contributed by atoms with Crippen LogP contribution in [-0.2, 0) is 10.0 Å². The maximum atomic E-state index is 13.1. The van der Waals surface area contributed by atoms with E-state index in [0.29, 0.717) is 47.6 Å². The fourth-order valence-electron chi connectivity index (χ4n) is 3.21. The first-order chi connectivity index (χ1) is 13.3. The van der Waals surface area contributed by atoms with Gasteiger partial charge in [-0.05, 0) is 37.3 Å². The molecule has 4 rings (SSSR count). The van der Waals surface area contributed by atoms with E-state index < -0.39 is 10.0 Å². The molecule has 3 aromatic rings. The third-order valence-electron chi connectivity index (χ3n) is 4.67. The summed E-state index contributed by atoms with van der Waals surface area (Å²) < 4.78 is 45.9. The molecule has 0 unspecified atom stereocenters. The van der Waals surface area contributed by atoms with Crippen LogP contribution in [0.2, 0.25) is 0 Å². The first kappa shape index (κ1) is 19.0. The Balaban J connectivity index is 1.52. The highest BCUT2D eigenvalue weighted by Crippen LogP contribution is 2.34. The Labute approximate surface area is 166 Å². The summed E-state index contributed by atoms with van der Waals surface area (Å²) in [6.07, 6.45) is 0. The second-order valence-corrected chi connectivity index (χ2v) is 9.70. The van der Waals surface area contributed by atoms with Crippen LogP contribution in [-0.4, -0.2) is 49.0 Å². The molecule has 7 nitrogen and oxygen atoms in total. The molecule has 1 aliphatic heterocycles. The lowest BCUT2D eigenvalue weighted by Gasteiger charge is -2.35. The minimum Gasteiger partial charge on any atom is -0.369 e. The molecule has 1 fully saturated rings. The van der Waals surface area contributed by atoms with E-state index in [2.05, 4.69) is 15.0 Å². The van der Waals surface area contributed by atoms with E-state index in [9.17, 15) is 12.8 Å². The Bertz CT molecular complexity index is 1080. The second kappa shape index (κ2) is 7.26. The van der Waals surface area contributed by atoms with E-state index in [1.54, 1.807) is 32.0 Å². The van der Waals surface area contributed by atoms with Crippen molar-refractivity contribution in [1.29, 1.82) is 0 Å². The topological polar surface area (TPSA) is 79.5 Å². The van der Waals surface area contributed by atoms with Gasteiger partial charge in [0.15, 0.2) is 0 Å². The number of halogens is 1. The molecule has 28 heavy (non-hydrogen) atoms. The number of aryl methyl sites for hydroxylation is 2. The van der Waals surface area contributed by atoms with E-state index in [1.165, 1.54) is 27.8 Å². The molecule has 0 aliphatic carbocycles. The molecule has 1 aliphatic rings. The molecule has 0 spiro atoms. The average molecular weight is 423 g/mol. The number of hydrogen-bond donors (Lipinski definition) is 0. The SMILES string of the molecule is Cc1nc(-c2cc(S(=O)(=O)N3CCN(c4ccc(F)cc4)CC3)c(C)s2)no1. The number of piperazine rings is 1. The lowest BCUT2D eigenvalue weighted by molar-refractivity contribution is 0.385. The van der Waals surface area contributed by atoms with Crippen LogP contribution in [0.4, 0.5) is 10.1 Å². The predicted molar refractivity (Wildman–Crippen MR) is 104 cm³/mol. The van der Waals surface area contributed by atoms with Crippen LogP contribution in [0.5, 0.6) is 0 Å². The summed E-state index contributed by atoms with van der Waals surface area (Å²) in [6, 6.07) is 7.86. The largest absolute Gasteiger partial charge is 0.369 e. The standard InChI is InChI=1S/C18H19FN4O3S2/c1-12-17(11-16(27-12)18-20-13(2)26-21-18)28(24,25)23-9-7-22(8-10-23)15-5-3-14(19)4-6-15/h3-6,11H,7-10H2,1-2H3. The number of anilines is 1. The van der Waals surface area contributed by atoms with Gasteiger partial charge in [0.1, 0.15) is 5.82 Å². The first-order valence-electron chi connectivity index (χ1n) is 8.76. The van der Waals surface area contributed by atoms with Gasteiger partial charge in [-0.3, -0.25) is 0 Å². The van der Waals surface area contributed by atoms with Gasteiger partial charge in [-0.1, -0.05) is 5.16 Å². The molecular formula is C18H19FN4O3S2. The minimum atomic E-state index is -3.61. The van der Waals surface area contributed by atoms with Gasteiger partial charge in [-0.25, -0.2) is 12.8 Å². The van der Waals surface area contributed by atoms with Crippen molar-refractivity contribution in [3.05, 3.63) is 46.9 Å². The number of nitrogens with zero attached hydrogens (tertiary/aromatic N) is 4. The highest BCUT2D eigenvalue weighted by Gasteiger charge is 2.31. The van der Waals surface area contributed by atoms with Gasteiger partial charge >= 0.3 is 0 Å². The fourth-order valence-corrected chi connectivity index (χ4v) is 6.12. The third kappa shape index (κ3) is 3.54. The van der Waals surface area contributed by atoms with Crippen molar-refractivity contribution in [2.75, 3.05) is 31.1 Å². The fraction of sp³-hybridized carbons (Fsp3) is 0.333. The van der Waals surface area contributed by atoms with Crippen LogP contribution in [0.25, 0.3) is 10.7 Å². The summed E-state index contributed by atoms with van der Waals surface area (Å²) in [5.41, 5.74) is 0.889. The Hall–Kier alpha value is -2.30. The van der Waals surface area contributed by atoms with Crippen molar-refractivity contribution in [1.82, 2.24) is 14.4 Å². The molecule has 148 valence electrons. The number of hydrogen-bond acceptors (Lipinski definition) is 7. The third-order valence-corrected chi connectivity index (χ3v) is 7.87. The highest BCUT2D eigenvalue weighted by atomic mass is 32.2. The van der Waals surface area contributed by atoms with Gasteiger partial charge in [0.25, 0.3) is 0 Å². The number of rotatable bonds is 4. The molecule has 0 amide bonds. The van der Waals surface area contributed by atoms with Gasteiger partial charge in [0, 0.05) is 43.7 Å². The summed E-state index contributed by atoms with van der Waals surface area (Å²) in [7, 11) is -3.61. The summed E-state index contributed by atoms with van der Waals surface area (Å²) in [4.78, 5) is 7.87. The van der Waals surface area contributed by atoms with Crippen LogP contribution in [0.3, 0.4) is 0 Å². The quantitative estimate of drug-likeness (QED) is 0.643. The Morgan fingerprint density at radius 3 is 2.39 bits per heavy atom. The monoisotopic (exact) mass is 422 g/mol. The normalized spacial score (nSPS) is 15.9. The zero-order valence-electron chi connectivity index (χ0n) is 15.4. The number of thiophene rings is 1. The highest BCUT2D eigenvalue weighted by molar-refractivity contribution is 7.89. The first-order valence-corrected chi connectivity index (χ1v) is 11.0. The Morgan fingerprint density at radius 1 is 1.11 bits per heavy atom. The molecule has 10 heteroatoms. The zero-order valence-corrected chi connectivity index (χ0v) is 17.1. The summed E-state index contributed by atoms with van der Waals surface area (Å²) in [5, 5.41) is 3.87. The van der Waals surface area contributed by atoms with Crippen LogP contribution < -0.4 is 4.90 Å². The van der Waals surface area contributed by atoms with E-state index in [0.717, 1.165) is 5.69 Å². The van der Waals surface area contributed by atoms with Crippen LogP contribution >= 0.6 is 11.3 Å². The number of sulfonamides is 1. The van der Waals surface area contributed by atoms with Crippen molar-refractivity contribution in [2.45, 2.75) is 18.7 Å². The lowest BCUT2D eigenvalue weighted by atomic mass is 10.2.